The van der Waals surface area contributed by atoms with E-state index in [1.54, 1.807) is 25.1 Å². The molecule has 13 heavy (non-hydrogen) atoms. The second kappa shape index (κ2) is 2.92. The van der Waals surface area contributed by atoms with Gasteiger partial charge >= 0.3 is 0 Å². The zero-order valence-corrected chi connectivity index (χ0v) is 7.76. The van der Waals surface area contributed by atoms with Gasteiger partial charge in [-0.25, -0.2) is 0 Å². The number of carbonyl (C=O) groups is 1. The van der Waals surface area contributed by atoms with Gasteiger partial charge in [-0.2, -0.15) is 0 Å². The lowest BCUT2D eigenvalue weighted by Gasteiger charge is -2.23. The van der Waals surface area contributed by atoms with Crippen LogP contribution in [0.15, 0.2) is 18.2 Å². The van der Waals surface area contributed by atoms with Crippen molar-refractivity contribution >= 4 is 23.2 Å². The van der Waals surface area contributed by atoms with Gasteiger partial charge < -0.3 is 10.1 Å². The molecule has 1 heterocycles. The van der Waals surface area contributed by atoms with Gasteiger partial charge in [0.15, 0.2) is 6.10 Å². The molecule has 0 unspecified atom stereocenters. The molecule has 0 saturated heterocycles. The number of fused-ring (bicyclic) bond motifs is 1. The highest BCUT2D eigenvalue weighted by Crippen LogP contribution is 2.31. The molecule has 0 aliphatic carbocycles. The summed E-state index contributed by atoms with van der Waals surface area (Å²) in [5, 5.41) is 3.28. The minimum atomic E-state index is -0.436. The maximum absolute atomic E-state index is 11.2. The van der Waals surface area contributed by atoms with Crippen LogP contribution < -0.4 is 10.1 Å². The summed E-state index contributed by atoms with van der Waals surface area (Å²) in [5.41, 5.74) is 0.635. The van der Waals surface area contributed by atoms with E-state index >= 15 is 0 Å². The van der Waals surface area contributed by atoms with Gasteiger partial charge in [0.1, 0.15) is 5.75 Å². The van der Waals surface area contributed by atoms with Crippen LogP contribution >= 0.6 is 11.6 Å². The first-order valence-electron chi connectivity index (χ1n) is 3.94. The summed E-state index contributed by atoms with van der Waals surface area (Å²) in [6, 6.07) is 5.14. The molecule has 4 heteroatoms. The Balaban J connectivity index is 2.42. The Morgan fingerprint density at radius 2 is 2.31 bits per heavy atom. The molecular formula is C9H8ClNO2. The zero-order valence-electron chi connectivity index (χ0n) is 7.00. The maximum Gasteiger partial charge on any atom is 0.265 e. The van der Waals surface area contributed by atoms with Crippen molar-refractivity contribution in [2.24, 2.45) is 0 Å². The van der Waals surface area contributed by atoms with E-state index < -0.39 is 6.10 Å². The van der Waals surface area contributed by atoms with Crippen molar-refractivity contribution < 1.29 is 9.53 Å². The molecule has 68 valence electrons. The molecule has 0 radical (unpaired) electrons. The Hall–Kier alpha value is -1.22. The third-order valence-corrected chi connectivity index (χ3v) is 2.11. The van der Waals surface area contributed by atoms with Crippen LogP contribution in [-0.4, -0.2) is 12.0 Å². The molecule has 3 nitrogen and oxygen atoms in total. The normalized spacial score (nSPS) is 20.2. The summed E-state index contributed by atoms with van der Waals surface area (Å²) in [5.74, 6) is 0.520. The van der Waals surface area contributed by atoms with Crippen molar-refractivity contribution in [1.29, 1.82) is 0 Å². The highest BCUT2D eigenvalue weighted by molar-refractivity contribution is 6.31. The number of nitrogens with one attached hydrogen (secondary N) is 1. The molecule has 0 saturated carbocycles. The molecule has 0 fully saturated rings. The largest absolute Gasteiger partial charge is 0.479 e. The Morgan fingerprint density at radius 1 is 1.54 bits per heavy atom. The smallest absolute Gasteiger partial charge is 0.265 e. The Morgan fingerprint density at radius 3 is 3.08 bits per heavy atom. The molecule has 1 aliphatic rings. The average Bonchev–Trinajstić information content (AvgIpc) is 2.08. The van der Waals surface area contributed by atoms with Gasteiger partial charge in [-0.1, -0.05) is 11.6 Å². The third-order valence-electron chi connectivity index (χ3n) is 1.87. The molecule has 0 bridgehead atoms. The van der Waals surface area contributed by atoms with Crippen molar-refractivity contribution in [3.63, 3.8) is 0 Å². The van der Waals surface area contributed by atoms with Crippen LogP contribution in [0.1, 0.15) is 6.92 Å². The number of benzene rings is 1. The van der Waals surface area contributed by atoms with Crippen LogP contribution in [0.4, 0.5) is 5.69 Å². The fourth-order valence-corrected chi connectivity index (χ4v) is 1.35. The van der Waals surface area contributed by atoms with Gasteiger partial charge in [-0.3, -0.25) is 4.79 Å². The van der Waals surface area contributed by atoms with Crippen LogP contribution in [0.2, 0.25) is 5.02 Å². The number of halogens is 1. The van der Waals surface area contributed by atoms with Crippen LogP contribution in [0.3, 0.4) is 0 Å². The van der Waals surface area contributed by atoms with Gasteiger partial charge in [0.25, 0.3) is 5.91 Å². The maximum atomic E-state index is 11.2. The van der Waals surface area contributed by atoms with E-state index in [9.17, 15) is 4.79 Å². The van der Waals surface area contributed by atoms with E-state index in [1.807, 2.05) is 0 Å². The lowest BCUT2D eigenvalue weighted by molar-refractivity contribution is -0.122. The number of carbonyl (C=O) groups excluding carboxylic acids is 1. The fourth-order valence-electron chi connectivity index (χ4n) is 1.18. The van der Waals surface area contributed by atoms with Crippen molar-refractivity contribution in [2.75, 3.05) is 5.32 Å². The zero-order chi connectivity index (χ0) is 9.42. The molecule has 0 aromatic heterocycles. The monoisotopic (exact) mass is 197 g/mol. The van der Waals surface area contributed by atoms with Gasteiger partial charge in [-0.05, 0) is 25.1 Å². The summed E-state index contributed by atoms with van der Waals surface area (Å²) in [7, 11) is 0. The van der Waals surface area contributed by atoms with E-state index in [1.165, 1.54) is 0 Å². The Kier molecular flexibility index (Phi) is 1.88. The van der Waals surface area contributed by atoms with Gasteiger partial charge in [0, 0.05) is 5.02 Å². The van der Waals surface area contributed by atoms with Crippen LogP contribution in [0.25, 0.3) is 0 Å². The molecule has 0 spiro atoms. The topological polar surface area (TPSA) is 38.3 Å². The Labute approximate surface area is 80.6 Å². The second-order valence-electron chi connectivity index (χ2n) is 2.89. The van der Waals surface area contributed by atoms with Gasteiger partial charge in [-0.15, -0.1) is 0 Å². The SMILES string of the molecule is C[C@H]1Oc2ccc(Cl)cc2NC1=O. The highest BCUT2D eigenvalue weighted by Gasteiger charge is 2.23. The first-order valence-corrected chi connectivity index (χ1v) is 4.31. The number of ether oxygens (including phenoxy) is 1. The lowest BCUT2D eigenvalue weighted by atomic mass is 10.2. The second-order valence-corrected chi connectivity index (χ2v) is 3.33. The minimum absolute atomic E-state index is 0.144. The van der Waals surface area contributed by atoms with Crippen molar-refractivity contribution in [3.8, 4) is 5.75 Å². The van der Waals surface area contributed by atoms with E-state index in [-0.39, 0.29) is 5.91 Å². The molecule has 1 aromatic carbocycles. The minimum Gasteiger partial charge on any atom is -0.479 e. The van der Waals surface area contributed by atoms with E-state index in [0.29, 0.717) is 16.5 Å². The first-order chi connectivity index (χ1) is 6.16. The van der Waals surface area contributed by atoms with Crippen molar-refractivity contribution in [2.45, 2.75) is 13.0 Å². The molecule has 1 aromatic rings. The molecule has 2 rings (SSSR count). The van der Waals surface area contributed by atoms with Crippen LogP contribution in [-0.2, 0) is 4.79 Å². The summed E-state index contributed by atoms with van der Waals surface area (Å²) in [4.78, 5) is 11.2. The van der Waals surface area contributed by atoms with Crippen molar-refractivity contribution in [3.05, 3.63) is 23.2 Å². The lowest BCUT2D eigenvalue weighted by Crippen LogP contribution is -2.34. The van der Waals surface area contributed by atoms with E-state index in [0.717, 1.165) is 0 Å². The summed E-state index contributed by atoms with van der Waals surface area (Å²) >= 11 is 5.75. The number of anilines is 1. The van der Waals surface area contributed by atoms with Crippen LogP contribution in [0.5, 0.6) is 5.75 Å². The third kappa shape index (κ3) is 1.47. The number of hydrogen-bond acceptors (Lipinski definition) is 2. The summed E-state index contributed by atoms with van der Waals surface area (Å²) < 4.78 is 5.33. The quantitative estimate of drug-likeness (QED) is 0.692. The van der Waals surface area contributed by atoms with E-state index in [4.69, 9.17) is 16.3 Å². The number of amides is 1. The number of hydrogen-bond donors (Lipinski definition) is 1. The molecule has 1 N–H and O–H groups in total. The Bertz CT molecular complexity index is 365. The summed E-state index contributed by atoms with van der Waals surface area (Å²) in [6.07, 6.45) is -0.436. The van der Waals surface area contributed by atoms with Gasteiger partial charge in [0.05, 0.1) is 5.69 Å². The first kappa shape index (κ1) is 8.38. The fraction of sp³-hybridized carbons (Fsp3) is 0.222. The van der Waals surface area contributed by atoms with Crippen LogP contribution in [0, 0.1) is 0 Å². The van der Waals surface area contributed by atoms with Gasteiger partial charge in [0.2, 0.25) is 0 Å². The summed E-state index contributed by atoms with van der Waals surface area (Å²) in [6.45, 7) is 1.70. The predicted octanol–water partition coefficient (Wildman–Crippen LogP) is 2.06. The average molecular weight is 198 g/mol. The predicted molar refractivity (Wildman–Crippen MR) is 50.2 cm³/mol. The van der Waals surface area contributed by atoms with Crippen molar-refractivity contribution in [1.82, 2.24) is 0 Å². The standard InChI is InChI=1S/C9H8ClNO2/c1-5-9(12)11-7-4-6(10)2-3-8(7)13-5/h2-5H,1H3,(H,11,12)/t5-/m1/s1. The molecular weight excluding hydrogens is 190 g/mol. The van der Waals surface area contributed by atoms with E-state index in [2.05, 4.69) is 5.32 Å². The molecule has 1 aliphatic heterocycles. The molecule has 1 atom stereocenters. The highest BCUT2D eigenvalue weighted by atomic mass is 35.5. The molecule has 1 amide bonds. The number of rotatable bonds is 0.